The Morgan fingerprint density at radius 1 is 1.29 bits per heavy atom. The van der Waals surface area contributed by atoms with Gasteiger partial charge in [0.05, 0.1) is 28.3 Å². The molecule has 1 fully saturated rings. The lowest BCUT2D eigenvalue weighted by molar-refractivity contribution is -0.385. The van der Waals surface area contributed by atoms with Crippen LogP contribution in [-0.2, 0) is 4.74 Å². The van der Waals surface area contributed by atoms with Gasteiger partial charge >= 0.3 is 0 Å². The lowest BCUT2D eigenvalue weighted by Gasteiger charge is -2.23. The monoisotopic (exact) mass is 477 g/mol. The molecule has 0 saturated carbocycles. The zero-order valence-electron chi connectivity index (χ0n) is 16.2. The minimum Gasteiger partial charge on any atom is -0.376 e. The maximum absolute atomic E-state index is 13.4. The molecule has 10 heteroatoms. The molecule has 1 atom stereocenters. The third-order valence-electron chi connectivity index (χ3n) is 4.92. The Kier molecular flexibility index (Phi) is 6.52. The van der Waals surface area contributed by atoms with Crippen LogP contribution in [0.4, 0.5) is 10.8 Å². The van der Waals surface area contributed by atoms with E-state index in [1.807, 2.05) is 0 Å². The minimum atomic E-state index is -0.557. The average molecular weight is 478 g/mol. The fraction of sp³-hybridized carbons (Fsp3) is 0.238. The predicted octanol–water partition coefficient (Wildman–Crippen LogP) is 5.85. The van der Waals surface area contributed by atoms with Crippen LogP contribution in [0.3, 0.4) is 0 Å². The Morgan fingerprint density at radius 2 is 2.10 bits per heavy atom. The van der Waals surface area contributed by atoms with E-state index in [0.717, 1.165) is 12.8 Å². The zero-order valence-corrected chi connectivity index (χ0v) is 18.5. The molecule has 4 rings (SSSR count). The van der Waals surface area contributed by atoms with E-state index in [1.165, 1.54) is 34.4 Å². The van der Waals surface area contributed by atoms with Gasteiger partial charge in [-0.2, -0.15) is 0 Å². The molecule has 3 aromatic rings. The second kappa shape index (κ2) is 9.32. The summed E-state index contributed by atoms with van der Waals surface area (Å²) >= 11 is 13.6. The van der Waals surface area contributed by atoms with E-state index in [9.17, 15) is 14.9 Å². The third kappa shape index (κ3) is 4.72. The number of benzene rings is 2. The van der Waals surface area contributed by atoms with Gasteiger partial charge in [-0.05, 0) is 37.1 Å². The number of carbonyl (C=O) groups excluding carboxylic acids is 1. The van der Waals surface area contributed by atoms with Crippen molar-refractivity contribution in [2.75, 3.05) is 18.1 Å². The Balaban J connectivity index is 1.71. The summed E-state index contributed by atoms with van der Waals surface area (Å²) in [4.78, 5) is 30.4. The van der Waals surface area contributed by atoms with Gasteiger partial charge in [0.15, 0.2) is 5.13 Å². The molecule has 0 spiro atoms. The molecule has 31 heavy (non-hydrogen) atoms. The fourth-order valence-corrected chi connectivity index (χ4v) is 4.75. The molecule has 0 N–H and O–H groups in total. The van der Waals surface area contributed by atoms with E-state index >= 15 is 0 Å². The SMILES string of the molecule is O=C(c1ccccc1[N+](=O)[O-])N(CC1CCCO1)c1nc(-c2ccc(Cl)cc2Cl)cs1. The smallest absolute Gasteiger partial charge is 0.282 e. The van der Waals surface area contributed by atoms with Gasteiger partial charge in [-0.3, -0.25) is 19.8 Å². The zero-order chi connectivity index (χ0) is 22.0. The van der Waals surface area contributed by atoms with E-state index in [4.69, 9.17) is 27.9 Å². The first-order chi connectivity index (χ1) is 14.9. The number of anilines is 1. The highest BCUT2D eigenvalue weighted by Crippen LogP contribution is 2.35. The van der Waals surface area contributed by atoms with Crippen LogP contribution < -0.4 is 4.90 Å². The number of aromatic nitrogens is 1. The molecule has 1 aromatic heterocycles. The number of nitro benzene ring substituents is 1. The third-order valence-corrected chi connectivity index (χ3v) is 6.33. The summed E-state index contributed by atoms with van der Waals surface area (Å²) in [5.74, 6) is -0.495. The summed E-state index contributed by atoms with van der Waals surface area (Å²) in [5.41, 5.74) is 1.03. The van der Waals surface area contributed by atoms with Crippen molar-refractivity contribution in [3.63, 3.8) is 0 Å². The van der Waals surface area contributed by atoms with Crippen LogP contribution in [0.1, 0.15) is 23.2 Å². The van der Waals surface area contributed by atoms with Crippen molar-refractivity contribution in [2.24, 2.45) is 0 Å². The van der Waals surface area contributed by atoms with Crippen molar-refractivity contribution in [3.8, 4) is 11.3 Å². The number of ether oxygens (including phenoxy) is 1. The van der Waals surface area contributed by atoms with Gasteiger partial charge in [0.2, 0.25) is 0 Å². The minimum absolute atomic E-state index is 0.00627. The molecule has 1 aliphatic heterocycles. The largest absolute Gasteiger partial charge is 0.376 e. The molecule has 2 heterocycles. The van der Waals surface area contributed by atoms with Gasteiger partial charge in [0, 0.05) is 28.6 Å². The highest BCUT2D eigenvalue weighted by atomic mass is 35.5. The van der Waals surface area contributed by atoms with Crippen molar-refractivity contribution >= 4 is 51.3 Å². The molecule has 0 bridgehead atoms. The molecule has 7 nitrogen and oxygen atoms in total. The Labute approximate surface area is 192 Å². The number of carbonyl (C=O) groups is 1. The maximum atomic E-state index is 13.4. The van der Waals surface area contributed by atoms with Crippen molar-refractivity contribution in [2.45, 2.75) is 18.9 Å². The Bertz CT molecular complexity index is 1130. The van der Waals surface area contributed by atoms with E-state index in [2.05, 4.69) is 4.98 Å². The normalized spacial score (nSPS) is 15.7. The summed E-state index contributed by atoms with van der Waals surface area (Å²) in [6, 6.07) is 11.0. The molecule has 0 aliphatic carbocycles. The van der Waals surface area contributed by atoms with Crippen LogP contribution in [0.15, 0.2) is 47.8 Å². The Morgan fingerprint density at radius 3 is 2.81 bits per heavy atom. The summed E-state index contributed by atoms with van der Waals surface area (Å²) in [6.45, 7) is 0.883. The summed E-state index contributed by atoms with van der Waals surface area (Å²) < 4.78 is 5.71. The van der Waals surface area contributed by atoms with Gasteiger partial charge in [-0.15, -0.1) is 11.3 Å². The molecule has 0 radical (unpaired) electrons. The second-order valence-electron chi connectivity index (χ2n) is 6.96. The highest BCUT2D eigenvalue weighted by Gasteiger charge is 2.30. The van der Waals surface area contributed by atoms with E-state index in [-0.39, 0.29) is 23.9 Å². The number of nitrogens with zero attached hydrogens (tertiary/aromatic N) is 3. The second-order valence-corrected chi connectivity index (χ2v) is 8.64. The van der Waals surface area contributed by atoms with Gasteiger partial charge in [-0.1, -0.05) is 35.3 Å². The van der Waals surface area contributed by atoms with Gasteiger partial charge in [0.25, 0.3) is 11.6 Å². The molecular formula is C21H17Cl2N3O4S. The fourth-order valence-electron chi connectivity index (χ4n) is 3.41. The number of thiazole rings is 1. The first-order valence-electron chi connectivity index (χ1n) is 9.52. The summed E-state index contributed by atoms with van der Waals surface area (Å²) in [7, 11) is 0. The van der Waals surface area contributed by atoms with Crippen LogP contribution >= 0.6 is 34.5 Å². The number of para-hydroxylation sites is 1. The van der Waals surface area contributed by atoms with E-state index < -0.39 is 10.8 Å². The van der Waals surface area contributed by atoms with Crippen LogP contribution in [0, 0.1) is 10.1 Å². The first-order valence-corrected chi connectivity index (χ1v) is 11.2. The molecule has 1 unspecified atom stereocenters. The lowest BCUT2D eigenvalue weighted by atomic mass is 10.1. The van der Waals surface area contributed by atoms with Gasteiger partial charge in [-0.25, -0.2) is 4.98 Å². The van der Waals surface area contributed by atoms with Crippen LogP contribution in [0.5, 0.6) is 0 Å². The van der Waals surface area contributed by atoms with E-state index in [1.54, 1.807) is 29.6 Å². The topological polar surface area (TPSA) is 85.6 Å². The number of rotatable bonds is 6. The molecule has 2 aromatic carbocycles. The van der Waals surface area contributed by atoms with Crippen molar-refractivity contribution in [3.05, 3.63) is 73.6 Å². The van der Waals surface area contributed by atoms with Crippen molar-refractivity contribution in [1.82, 2.24) is 4.98 Å². The molecule has 1 amide bonds. The highest BCUT2D eigenvalue weighted by molar-refractivity contribution is 7.14. The number of halogens is 2. The van der Waals surface area contributed by atoms with Crippen LogP contribution in [0.2, 0.25) is 10.0 Å². The molecule has 1 aliphatic rings. The maximum Gasteiger partial charge on any atom is 0.282 e. The number of hydrogen-bond acceptors (Lipinski definition) is 6. The van der Waals surface area contributed by atoms with Crippen LogP contribution in [-0.4, -0.2) is 35.1 Å². The Hall–Kier alpha value is -2.52. The van der Waals surface area contributed by atoms with Crippen molar-refractivity contribution < 1.29 is 14.5 Å². The standard InChI is InChI=1S/C21H17Cl2N3O4S/c22-13-7-8-15(17(23)10-13)18-12-31-21(24-18)25(11-14-4-3-9-30-14)20(27)16-5-1-2-6-19(16)26(28)29/h1-2,5-8,10,12,14H,3-4,9,11H2. The van der Waals surface area contributed by atoms with Gasteiger partial charge in [0.1, 0.15) is 5.56 Å². The van der Waals surface area contributed by atoms with Crippen LogP contribution in [0.25, 0.3) is 11.3 Å². The summed E-state index contributed by atoms with van der Waals surface area (Å²) in [5, 5.41) is 14.6. The average Bonchev–Trinajstić information content (AvgIpc) is 3.43. The lowest BCUT2D eigenvalue weighted by Crippen LogP contribution is -2.37. The number of amides is 1. The molecular weight excluding hydrogens is 461 g/mol. The van der Waals surface area contributed by atoms with E-state index in [0.29, 0.717) is 33.0 Å². The summed E-state index contributed by atoms with van der Waals surface area (Å²) in [6.07, 6.45) is 1.56. The van der Waals surface area contributed by atoms with Crippen molar-refractivity contribution in [1.29, 1.82) is 0 Å². The first kappa shape index (κ1) is 21.7. The quantitative estimate of drug-likeness (QED) is 0.328. The molecule has 160 valence electrons. The molecule has 1 saturated heterocycles. The number of nitro groups is 1. The van der Waals surface area contributed by atoms with Gasteiger partial charge < -0.3 is 4.74 Å². The number of hydrogen-bond donors (Lipinski definition) is 0. The predicted molar refractivity (Wildman–Crippen MR) is 121 cm³/mol.